The van der Waals surface area contributed by atoms with Crippen LogP contribution < -0.4 is 5.32 Å². The standard InChI is InChI=1S/C53H76N2O15/c1-7-9-16-26-53(27-17-10-8-2)68-41-31-36(49(63)55(6)39(29-34-19-12-11-13-20-34)48(62)54-37(32-56)24-25-43(58)69-52(3,4)5)30-40(47(41)70-53)66-50(64)38-23-15-14-21-35(38)22-18-28-65-51-46(61)45(60)44(59)42(33-57)67-51/h11-15,18-23,31,37,39-42,44-47,51,56-57,59-61H,7-10,16-17,24-30,32-33H2,1-6H3,(H,54,62). The predicted molar refractivity (Wildman–Crippen MR) is 259 cm³/mol. The zero-order valence-electron chi connectivity index (χ0n) is 41.6. The fraction of sp³-hybridized carbons (Fsp3) is 0.623. The molecule has 2 aromatic rings. The van der Waals surface area contributed by atoms with Gasteiger partial charge in [-0.15, -0.1) is 0 Å². The first-order valence-electron chi connectivity index (χ1n) is 24.8. The predicted octanol–water partition coefficient (Wildman–Crippen LogP) is 4.68. The number of carbonyl (C=O) groups is 4. The molecule has 1 aliphatic carbocycles. The number of aliphatic hydroxyl groups is 5. The van der Waals surface area contributed by atoms with Crippen molar-refractivity contribution in [3.05, 3.63) is 89.0 Å². The van der Waals surface area contributed by atoms with Gasteiger partial charge in [0.1, 0.15) is 54.4 Å². The van der Waals surface area contributed by atoms with Crippen molar-refractivity contribution in [3.63, 3.8) is 0 Å². The van der Waals surface area contributed by atoms with Gasteiger partial charge in [0.05, 0.1) is 31.4 Å². The molecule has 388 valence electrons. The van der Waals surface area contributed by atoms with Gasteiger partial charge in [0.25, 0.3) is 0 Å². The van der Waals surface area contributed by atoms with Crippen molar-refractivity contribution in [2.24, 2.45) is 0 Å². The topological polar surface area (TPSA) is 240 Å². The summed E-state index contributed by atoms with van der Waals surface area (Å²) in [5.41, 5.74) is 1.00. The van der Waals surface area contributed by atoms with Crippen molar-refractivity contribution < 1.29 is 73.1 Å². The van der Waals surface area contributed by atoms with Gasteiger partial charge in [0.15, 0.2) is 12.1 Å². The molecule has 6 N–H and O–H groups in total. The molecule has 2 amide bonds. The van der Waals surface area contributed by atoms with Crippen LogP contribution in [0.5, 0.6) is 0 Å². The quantitative estimate of drug-likeness (QED) is 0.0585. The third kappa shape index (κ3) is 15.7. The van der Waals surface area contributed by atoms with Crippen LogP contribution in [0.25, 0.3) is 6.08 Å². The molecule has 5 rings (SSSR count). The molecule has 2 fully saturated rings. The van der Waals surface area contributed by atoms with Crippen LogP contribution in [0, 0.1) is 0 Å². The van der Waals surface area contributed by atoms with Crippen LogP contribution in [0.4, 0.5) is 0 Å². The fourth-order valence-corrected chi connectivity index (χ4v) is 8.95. The maximum Gasteiger partial charge on any atom is 0.339 e. The lowest BCUT2D eigenvalue weighted by Crippen LogP contribution is -2.59. The molecule has 2 heterocycles. The number of hydrogen-bond donors (Lipinski definition) is 6. The fourth-order valence-electron chi connectivity index (χ4n) is 8.95. The summed E-state index contributed by atoms with van der Waals surface area (Å²) in [5.74, 6) is -3.17. The number of aliphatic hydroxyl groups excluding tert-OH is 5. The van der Waals surface area contributed by atoms with Gasteiger partial charge in [-0.25, -0.2) is 4.79 Å². The van der Waals surface area contributed by atoms with Crippen molar-refractivity contribution in [3.8, 4) is 0 Å². The van der Waals surface area contributed by atoms with Gasteiger partial charge < -0.3 is 64.2 Å². The van der Waals surface area contributed by atoms with Gasteiger partial charge in [-0.05, 0) is 63.3 Å². The Morgan fingerprint density at radius 2 is 1.57 bits per heavy atom. The second-order valence-electron chi connectivity index (χ2n) is 19.5. The van der Waals surface area contributed by atoms with Crippen LogP contribution in [0.1, 0.15) is 127 Å². The van der Waals surface area contributed by atoms with Crippen LogP contribution >= 0.6 is 0 Å². The molecule has 0 spiro atoms. The molecule has 70 heavy (non-hydrogen) atoms. The van der Waals surface area contributed by atoms with Gasteiger partial charge in [-0.1, -0.05) is 100 Å². The van der Waals surface area contributed by atoms with E-state index in [1.165, 1.54) is 11.9 Å². The number of esters is 2. The summed E-state index contributed by atoms with van der Waals surface area (Å²) in [6, 6.07) is 14.1. The highest BCUT2D eigenvalue weighted by atomic mass is 16.8. The van der Waals surface area contributed by atoms with Crippen LogP contribution in [-0.4, -0.2) is 154 Å². The number of likely N-dealkylation sites (N-methyl/N-ethyl adjacent to an activating group) is 1. The molecule has 10 unspecified atom stereocenters. The third-order valence-electron chi connectivity index (χ3n) is 12.8. The first-order valence-corrected chi connectivity index (χ1v) is 24.8. The number of hydrogen-bond acceptors (Lipinski definition) is 15. The van der Waals surface area contributed by atoms with E-state index < -0.39 is 109 Å². The smallest absolute Gasteiger partial charge is 0.339 e. The molecular formula is C53H76N2O15. The summed E-state index contributed by atoms with van der Waals surface area (Å²) in [7, 11) is 1.54. The first-order chi connectivity index (χ1) is 33.4. The minimum atomic E-state index is -1.60. The molecule has 2 aromatic carbocycles. The molecule has 10 atom stereocenters. The van der Waals surface area contributed by atoms with E-state index >= 15 is 0 Å². The Kier molecular flexibility index (Phi) is 21.5. The van der Waals surface area contributed by atoms with E-state index in [1.54, 1.807) is 63.3 Å². The normalized spacial score (nSPS) is 25.1. The number of unbranched alkanes of at least 4 members (excludes halogenated alkanes) is 4. The number of carbonyl (C=O) groups excluding carboxylic acids is 4. The summed E-state index contributed by atoms with van der Waals surface area (Å²) in [4.78, 5) is 57.3. The number of nitrogens with one attached hydrogen (secondary N) is 1. The third-order valence-corrected chi connectivity index (χ3v) is 12.8. The maximum absolute atomic E-state index is 14.9. The molecule has 17 heteroatoms. The summed E-state index contributed by atoms with van der Waals surface area (Å²) in [6.07, 6.45) is 2.12. The highest BCUT2D eigenvalue weighted by Gasteiger charge is 2.53. The molecule has 0 bridgehead atoms. The Morgan fingerprint density at radius 3 is 2.21 bits per heavy atom. The van der Waals surface area contributed by atoms with Crippen LogP contribution in [0.15, 0.2) is 72.3 Å². The number of fused-ring (bicyclic) bond motifs is 1. The lowest BCUT2D eigenvalue weighted by Gasteiger charge is -2.39. The van der Waals surface area contributed by atoms with Gasteiger partial charge in [0, 0.05) is 44.7 Å². The average molecular weight is 981 g/mol. The Labute approximate surface area is 412 Å². The van der Waals surface area contributed by atoms with E-state index in [9.17, 15) is 44.7 Å². The highest BCUT2D eigenvalue weighted by Crippen LogP contribution is 2.43. The Morgan fingerprint density at radius 1 is 0.900 bits per heavy atom. The number of benzene rings is 2. The number of rotatable bonds is 25. The SMILES string of the molecule is CCCCCC1(CCCCC)OC2C=C(C(=O)N(C)C(Cc3ccccc3)C(=O)NC(CO)CCC(=O)OC(C)(C)C)CC(OC(=O)c3ccccc3C=CCOC3OC(CO)C(O)C(O)C3O)C2O1. The van der Waals surface area contributed by atoms with Gasteiger partial charge in [0.2, 0.25) is 11.8 Å². The summed E-state index contributed by atoms with van der Waals surface area (Å²) in [5, 5.41) is 53.4. The van der Waals surface area contributed by atoms with Crippen molar-refractivity contribution in [1.29, 1.82) is 0 Å². The van der Waals surface area contributed by atoms with Crippen molar-refractivity contribution in [2.75, 3.05) is 26.9 Å². The van der Waals surface area contributed by atoms with E-state index in [0.29, 0.717) is 18.4 Å². The summed E-state index contributed by atoms with van der Waals surface area (Å²) >= 11 is 0. The van der Waals surface area contributed by atoms with Crippen LogP contribution in [0.3, 0.4) is 0 Å². The summed E-state index contributed by atoms with van der Waals surface area (Å²) in [6.45, 7) is 8.32. The molecule has 0 radical (unpaired) electrons. The Balaban J connectivity index is 1.40. The Bertz CT molecular complexity index is 2040. The van der Waals surface area contributed by atoms with Crippen molar-refractivity contribution in [1.82, 2.24) is 10.2 Å². The van der Waals surface area contributed by atoms with E-state index in [4.69, 9.17) is 28.4 Å². The van der Waals surface area contributed by atoms with E-state index in [2.05, 4.69) is 19.2 Å². The van der Waals surface area contributed by atoms with Gasteiger partial charge >= 0.3 is 11.9 Å². The number of nitrogens with zero attached hydrogens (tertiary/aromatic N) is 1. The minimum Gasteiger partial charge on any atom is -0.460 e. The second kappa shape index (κ2) is 26.8. The molecule has 17 nitrogen and oxygen atoms in total. The maximum atomic E-state index is 14.9. The lowest BCUT2D eigenvalue weighted by molar-refractivity contribution is -0.298. The van der Waals surface area contributed by atoms with Gasteiger partial charge in [-0.3, -0.25) is 14.4 Å². The second-order valence-corrected chi connectivity index (χ2v) is 19.5. The minimum absolute atomic E-state index is 0.0440. The van der Waals surface area contributed by atoms with E-state index in [-0.39, 0.29) is 43.4 Å². The molecule has 0 saturated carbocycles. The Hall–Kier alpha value is -4.56. The molecule has 2 saturated heterocycles. The molecule has 3 aliphatic rings. The number of ether oxygens (including phenoxy) is 6. The van der Waals surface area contributed by atoms with Gasteiger partial charge in [-0.2, -0.15) is 0 Å². The lowest BCUT2D eigenvalue weighted by atomic mass is 9.90. The van der Waals surface area contributed by atoms with E-state index in [1.807, 2.05) is 30.3 Å². The zero-order valence-corrected chi connectivity index (χ0v) is 41.6. The summed E-state index contributed by atoms with van der Waals surface area (Å²) < 4.78 is 36.6. The monoisotopic (exact) mass is 981 g/mol. The van der Waals surface area contributed by atoms with Crippen molar-refractivity contribution in [2.45, 2.75) is 184 Å². The van der Waals surface area contributed by atoms with Crippen LogP contribution in [-0.2, 0) is 49.2 Å². The first kappa shape index (κ1) is 56.4. The average Bonchev–Trinajstić information content (AvgIpc) is 3.71. The van der Waals surface area contributed by atoms with Crippen LogP contribution in [0.2, 0.25) is 0 Å². The molecular weight excluding hydrogens is 905 g/mol. The van der Waals surface area contributed by atoms with Crippen molar-refractivity contribution >= 4 is 29.8 Å². The van der Waals surface area contributed by atoms with E-state index in [0.717, 1.165) is 44.1 Å². The molecule has 0 aromatic heterocycles. The number of amides is 2. The highest BCUT2D eigenvalue weighted by molar-refractivity contribution is 5.98. The zero-order chi connectivity index (χ0) is 51.0. The molecule has 2 aliphatic heterocycles. The largest absolute Gasteiger partial charge is 0.460 e.